The standard InChI is InChI=1S/C33H42N4O4/c1-2-35-17-14-25(15-18-35)24-8-6-23(7-9-24)20-36-16-4-3-5-27(36)22-41-28-10-11-29-26(19-28)21-37(33(29)40)30-12-13-31(38)34-32(30)39/h6-11,19,25,27,30H,2-5,12-18,20-22H2,1H3,(H,34,38,39). The lowest BCUT2D eigenvalue weighted by Gasteiger charge is -2.35. The molecule has 3 saturated heterocycles. The summed E-state index contributed by atoms with van der Waals surface area (Å²) in [5.41, 5.74) is 4.32. The number of nitrogens with one attached hydrogen (secondary N) is 1. The molecule has 2 aromatic carbocycles. The van der Waals surface area contributed by atoms with Crippen molar-refractivity contribution in [2.75, 3.05) is 32.8 Å². The van der Waals surface area contributed by atoms with Gasteiger partial charge in [-0.1, -0.05) is 37.6 Å². The molecule has 3 fully saturated rings. The molecule has 2 atom stereocenters. The van der Waals surface area contributed by atoms with Crippen molar-refractivity contribution in [1.29, 1.82) is 0 Å². The van der Waals surface area contributed by atoms with Crippen molar-refractivity contribution in [3.05, 3.63) is 64.7 Å². The van der Waals surface area contributed by atoms with Crippen LogP contribution in [0.5, 0.6) is 5.75 Å². The fourth-order valence-corrected chi connectivity index (χ4v) is 7.00. The van der Waals surface area contributed by atoms with Crippen molar-refractivity contribution in [1.82, 2.24) is 20.0 Å². The predicted molar refractivity (Wildman–Crippen MR) is 157 cm³/mol. The Morgan fingerprint density at radius 3 is 2.49 bits per heavy atom. The molecule has 2 aromatic rings. The summed E-state index contributed by atoms with van der Waals surface area (Å²) in [5.74, 6) is 0.621. The first-order chi connectivity index (χ1) is 20.0. The average Bonchev–Trinajstić information content (AvgIpc) is 3.32. The second-order valence-corrected chi connectivity index (χ2v) is 12.1. The molecule has 3 amide bonds. The third-order valence-corrected chi connectivity index (χ3v) is 9.56. The molecule has 4 heterocycles. The Labute approximate surface area is 243 Å². The number of hydrogen-bond donors (Lipinski definition) is 1. The number of likely N-dealkylation sites (tertiary alicyclic amines) is 2. The smallest absolute Gasteiger partial charge is 0.255 e. The van der Waals surface area contributed by atoms with Crippen LogP contribution in [0.1, 0.15) is 84.8 Å². The van der Waals surface area contributed by atoms with Gasteiger partial charge in [0.05, 0.1) is 0 Å². The van der Waals surface area contributed by atoms with E-state index < -0.39 is 6.04 Å². The minimum Gasteiger partial charge on any atom is -0.492 e. The maximum absolute atomic E-state index is 13.0. The summed E-state index contributed by atoms with van der Waals surface area (Å²) in [7, 11) is 0. The van der Waals surface area contributed by atoms with E-state index in [1.165, 1.54) is 49.9 Å². The molecule has 0 aromatic heterocycles. The molecule has 4 aliphatic heterocycles. The average molecular weight is 559 g/mol. The highest BCUT2D eigenvalue weighted by molar-refractivity contribution is 6.05. The van der Waals surface area contributed by atoms with Crippen molar-refractivity contribution in [2.45, 2.75) is 83.0 Å². The van der Waals surface area contributed by atoms with Gasteiger partial charge in [-0.05, 0) is 99.1 Å². The Morgan fingerprint density at radius 1 is 0.927 bits per heavy atom. The van der Waals surface area contributed by atoms with Gasteiger partial charge < -0.3 is 14.5 Å². The number of nitrogens with zero attached hydrogens (tertiary/aromatic N) is 3. The van der Waals surface area contributed by atoms with Crippen LogP contribution in [0, 0.1) is 0 Å². The molecule has 1 N–H and O–H groups in total. The number of piperidine rings is 3. The number of imide groups is 1. The van der Waals surface area contributed by atoms with Crippen LogP contribution in [0.4, 0.5) is 0 Å². The zero-order chi connectivity index (χ0) is 28.3. The molecule has 0 aliphatic carbocycles. The van der Waals surface area contributed by atoms with E-state index in [1.54, 1.807) is 4.90 Å². The number of amides is 3. The lowest BCUT2D eigenvalue weighted by atomic mass is 9.89. The lowest BCUT2D eigenvalue weighted by molar-refractivity contribution is -0.136. The zero-order valence-corrected chi connectivity index (χ0v) is 24.1. The van der Waals surface area contributed by atoms with Gasteiger partial charge >= 0.3 is 0 Å². The highest BCUT2D eigenvalue weighted by Crippen LogP contribution is 2.31. The van der Waals surface area contributed by atoms with Crippen LogP contribution in [0.3, 0.4) is 0 Å². The largest absolute Gasteiger partial charge is 0.492 e. The van der Waals surface area contributed by atoms with Gasteiger partial charge in [0, 0.05) is 31.1 Å². The fourth-order valence-electron chi connectivity index (χ4n) is 7.00. The normalized spacial score (nSPS) is 24.4. The Kier molecular flexibility index (Phi) is 8.40. The topological polar surface area (TPSA) is 82.2 Å². The van der Waals surface area contributed by atoms with Crippen molar-refractivity contribution in [3.8, 4) is 5.75 Å². The second-order valence-electron chi connectivity index (χ2n) is 12.1. The molecule has 8 heteroatoms. The van der Waals surface area contributed by atoms with Gasteiger partial charge in [-0.15, -0.1) is 0 Å². The molecular formula is C33H42N4O4. The first-order valence-electron chi connectivity index (χ1n) is 15.4. The molecule has 0 radical (unpaired) electrons. The van der Waals surface area contributed by atoms with Gasteiger partial charge in [-0.2, -0.15) is 0 Å². The highest BCUT2D eigenvalue weighted by atomic mass is 16.5. The van der Waals surface area contributed by atoms with Gasteiger partial charge in [0.15, 0.2) is 0 Å². The Balaban J connectivity index is 1.04. The monoisotopic (exact) mass is 558 g/mol. The van der Waals surface area contributed by atoms with Crippen molar-refractivity contribution in [3.63, 3.8) is 0 Å². The van der Waals surface area contributed by atoms with Gasteiger partial charge in [0.2, 0.25) is 11.8 Å². The van der Waals surface area contributed by atoms with Crippen LogP contribution in [-0.4, -0.2) is 77.3 Å². The third kappa shape index (κ3) is 6.19. The molecule has 218 valence electrons. The lowest BCUT2D eigenvalue weighted by Crippen LogP contribution is -2.52. The number of carbonyl (C=O) groups excluding carboxylic acids is 3. The van der Waals surface area contributed by atoms with Crippen LogP contribution in [0.25, 0.3) is 0 Å². The maximum atomic E-state index is 13.0. The molecular weight excluding hydrogens is 516 g/mol. The fraction of sp³-hybridized carbons (Fsp3) is 0.545. The minimum atomic E-state index is -0.601. The number of benzene rings is 2. The van der Waals surface area contributed by atoms with Crippen LogP contribution in [0.15, 0.2) is 42.5 Å². The van der Waals surface area contributed by atoms with Gasteiger partial charge in [-0.25, -0.2) is 0 Å². The van der Waals surface area contributed by atoms with E-state index in [1.807, 2.05) is 18.2 Å². The molecule has 8 nitrogen and oxygen atoms in total. The number of rotatable bonds is 8. The Morgan fingerprint density at radius 2 is 1.73 bits per heavy atom. The molecule has 0 spiro atoms. The van der Waals surface area contributed by atoms with Crippen molar-refractivity contribution >= 4 is 17.7 Å². The van der Waals surface area contributed by atoms with Crippen LogP contribution >= 0.6 is 0 Å². The molecule has 6 rings (SSSR count). The first-order valence-corrected chi connectivity index (χ1v) is 15.4. The maximum Gasteiger partial charge on any atom is 0.255 e. The van der Waals surface area contributed by atoms with Crippen molar-refractivity contribution < 1.29 is 19.1 Å². The van der Waals surface area contributed by atoms with E-state index in [-0.39, 0.29) is 24.1 Å². The Hall–Kier alpha value is -3.23. The number of hydrogen-bond acceptors (Lipinski definition) is 6. The molecule has 41 heavy (non-hydrogen) atoms. The van der Waals surface area contributed by atoms with E-state index in [4.69, 9.17) is 4.74 Å². The molecule has 4 aliphatic rings. The summed E-state index contributed by atoms with van der Waals surface area (Å²) in [5, 5.41) is 2.36. The molecule has 0 saturated carbocycles. The van der Waals surface area contributed by atoms with Gasteiger partial charge in [0.1, 0.15) is 18.4 Å². The van der Waals surface area contributed by atoms with E-state index in [2.05, 4.69) is 46.3 Å². The van der Waals surface area contributed by atoms with Crippen molar-refractivity contribution in [2.24, 2.45) is 0 Å². The van der Waals surface area contributed by atoms with Gasteiger partial charge in [-0.3, -0.25) is 24.6 Å². The summed E-state index contributed by atoms with van der Waals surface area (Å²) in [6.45, 7) is 8.79. The van der Waals surface area contributed by atoms with Crippen LogP contribution in [-0.2, 0) is 22.7 Å². The number of carbonyl (C=O) groups is 3. The second kappa shape index (κ2) is 12.3. The quantitative estimate of drug-likeness (QED) is 0.492. The third-order valence-electron chi connectivity index (χ3n) is 9.56. The number of ether oxygens (including phenoxy) is 1. The summed E-state index contributed by atoms with van der Waals surface area (Å²) >= 11 is 0. The minimum absolute atomic E-state index is 0.156. The van der Waals surface area contributed by atoms with E-state index in [0.29, 0.717) is 37.1 Å². The first kappa shape index (κ1) is 27.9. The summed E-state index contributed by atoms with van der Waals surface area (Å²) in [4.78, 5) is 43.6. The summed E-state index contributed by atoms with van der Waals surface area (Å²) in [6, 6.07) is 14.7. The Bertz CT molecular complexity index is 1270. The van der Waals surface area contributed by atoms with Crippen LogP contribution < -0.4 is 10.1 Å². The van der Waals surface area contributed by atoms with Gasteiger partial charge in [0.25, 0.3) is 5.91 Å². The summed E-state index contributed by atoms with van der Waals surface area (Å²) < 4.78 is 6.31. The molecule has 0 bridgehead atoms. The predicted octanol–water partition coefficient (Wildman–Crippen LogP) is 4.08. The van der Waals surface area contributed by atoms with Crippen LogP contribution in [0.2, 0.25) is 0 Å². The zero-order valence-electron chi connectivity index (χ0n) is 24.1. The molecule has 2 unspecified atom stereocenters. The highest BCUT2D eigenvalue weighted by Gasteiger charge is 2.39. The SMILES string of the molecule is CCN1CCC(c2ccc(CN3CCCCC3COc3ccc4c(c3)CN(C3CCC(=O)NC3=O)C4=O)cc2)CC1. The summed E-state index contributed by atoms with van der Waals surface area (Å²) in [6.07, 6.45) is 6.66. The number of fused-ring (bicyclic) bond motifs is 1. The van der Waals surface area contributed by atoms with E-state index in [0.717, 1.165) is 37.4 Å². The van der Waals surface area contributed by atoms with E-state index in [9.17, 15) is 14.4 Å². The van der Waals surface area contributed by atoms with E-state index >= 15 is 0 Å².